The second-order valence-corrected chi connectivity index (χ2v) is 5.99. The van der Waals surface area contributed by atoms with Gasteiger partial charge in [-0.25, -0.2) is 0 Å². The first kappa shape index (κ1) is 14.4. The van der Waals surface area contributed by atoms with Crippen molar-refractivity contribution in [2.45, 2.75) is 31.6 Å². The highest BCUT2D eigenvalue weighted by atomic mass is 16.5. The molecule has 1 aromatic carbocycles. The van der Waals surface area contributed by atoms with E-state index >= 15 is 0 Å². The van der Waals surface area contributed by atoms with E-state index in [1.165, 1.54) is 18.4 Å². The molecule has 1 N–H and O–H groups in total. The van der Waals surface area contributed by atoms with E-state index in [4.69, 9.17) is 4.74 Å². The maximum atomic E-state index is 11.9. The molecule has 1 atom stereocenters. The van der Waals surface area contributed by atoms with Gasteiger partial charge in [-0.2, -0.15) is 0 Å². The summed E-state index contributed by atoms with van der Waals surface area (Å²) in [6.07, 6.45) is 4.74. The van der Waals surface area contributed by atoms with Crippen molar-refractivity contribution in [3.05, 3.63) is 29.8 Å². The predicted octanol–water partition coefficient (Wildman–Crippen LogP) is 2.15. The van der Waals surface area contributed by atoms with Crippen molar-refractivity contribution < 1.29 is 9.53 Å². The molecule has 2 fully saturated rings. The molecule has 114 valence electrons. The van der Waals surface area contributed by atoms with Gasteiger partial charge >= 0.3 is 0 Å². The Morgan fingerprint density at radius 3 is 2.62 bits per heavy atom. The molecule has 1 aromatic rings. The van der Waals surface area contributed by atoms with E-state index < -0.39 is 0 Å². The summed E-state index contributed by atoms with van der Waals surface area (Å²) in [6, 6.07) is 8.24. The van der Waals surface area contributed by atoms with Crippen LogP contribution < -0.4 is 10.1 Å². The fraction of sp³-hybridized carbons (Fsp3) is 0.588. The van der Waals surface area contributed by atoms with Gasteiger partial charge in [-0.3, -0.25) is 4.79 Å². The number of carbonyl (C=O) groups is 1. The number of nitrogens with zero attached hydrogens (tertiary/aromatic N) is 1. The fourth-order valence-electron chi connectivity index (χ4n) is 3.18. The van der Waals surface area contributed by atoms with Gasteiger partial charge in [-0.1, -0.05) is 12.1 Å². The van der Waals surface area contributed by atoms with Crippen molar-refractivity contribution in [1.82, 2.24) is 10.2 Å². The smallest absolute Gasteiger partial charge is 0.260 e. The molecule has 4 heteroatoms. The zero-order valence-electron chi connectivity index (χ0n) is 12.5. The Bertz CT molecular complexity index is 460. The number of piperidine rings is 1. The minimum Gasteiger partial charge on any atom is -0.484 e. The number of amides is 1. The highest BCUT2D eigenvalue weighted by molar-refractivity contribution is 5.78. The minimum absolute atomic E-state index is 0.105. The summed E-state index contributed by atoms with van der Waals surface area (Å²) in [5.74, 6) is 1.50. The van der Waals surface area contributed by atoms with Crippen LogP contribution in [0.3, 0.4) is 0 Å². The molecule has 0 bridgehead atoms. The monoisotopic (exact) mass is 288 g/mol. The van der Waals surface area contributed by atoms with Gasteiger partial charge in [-0.15, -0.1) is 0 Å². The van der Waals surface area contributed by atoms with Gasteiger partial charge in [0.2, 0.25) is 0 Å². The topological polar surface area (TPSA) is 41.6 Å². The summed E-state index contributed by atoms with van der Waals surface area (Å²) in [7, 11) is 0. The standard InChI is InChI=1S/C17H24N2O2/c20-17(19-10-1-2-11-19)13-21-16-7-5-14(6-8-16)15-4-3-9-18-12-15/h5-8,15,18H,1-4,9-13H2. The molecule has 2 saturated heterocycles. The van der Waals surface area contributed by atoms with Crippen molar-refractivity contribution in [1.29, 1.82) is 0 Å². The minimum atomic E-state index is 0.105. The molecule has 1 amide bonds. The SMILES string of the molecule is O=C(COc1ccc(C2CCCNC2)cc1)N1CCCC1. The Hall–Kier alpha value is -1.55. The Balaban J connectivity index is 1.50. The van der Waals surface area contributed by atoms with Crippen molar-refractivity contribution in [2.24, 2.45) is 0 Å². The molecule has 3 rings (SSSR count). The highest BCUT2D eigenvalue weighted by Gasteiger charge is 2.18. The van der Waals surface area contributed by atoms with Gasteiger partial charge in [0.15, 0.2) is 6.61 Å². The summed E-state index contributed by atoms with van der Waals surface area (Å²) in [5, 5.41) is 3.44. The number of carbonyl (C=O) groups excluding carboxylic acids is 1. The largest absolute Gasteiger partial charge is 0.484 e. The van der Waals surface area contributed by atoms with Crippen LogP contribution in [0.4, 0.5) is 0 Å². The zero-order valence-corrected chi connectivity index (χ0v) is 12.5. The normalized spacial score (nSPS) is 22.3. The molecule has 1 unspecified atom stereocenters. The summed E-state index contributed by atoms with van der Waals surface area (Å²) >= 11 is 0. The molecule has 2 aliphatic rings. The van der Waals surface area contributed by atoms with E-state index in [2.05, 4.69) is 17.4 Å². The van der Waals surface area contributed by atoms with Crippen LogP contribution in [0.5, 0.6) is 5.75 Å². The highest BCUT2D eigenvalue weighted by Crippen LogP contribution is 2.25. The van der Waals surface area contributed by atoms with Crippen molar-refractivity contribution in [2.75, 3.05) is 32.8 Å². The second kappa shape index (κ2) is 6.94. The third kappa shape index (κ3) is 3.76. The molecule has 4 nitrogen and oxygen atoms in total. The summed E-state index contributed by atoms with van der Waals surface area (Å²) in [5.41, 5.74) is 1.36. The van der Waals surface area contributed by atoms with Gasteiger partial charge in [0, 0.05) is 19.6 Å². The first-order valence-corrected chi connectivity index (χ1v) is 8.04. The first-order chi connectivity index (χ1) is 10.3. The van der Waals surface area contributed by atoms with Crippen LogP contribution in [0, 0.1) is 0 Å². The number of benzene rings is 1. The Morgan fingerprint density at radius 1 is 1.19 bits per heavy atom. The Morgan fingerprint density at radius 2 is 1.95 bits per heavy atom. The number of ether oxygens (including phenoxy) is 1. The molecular formula is C17H24N2O2. The molecule has 0 aliphatic carbocycles. The molecule has 0 radical (unpaired) electrons. The molecular weight excluding hydrogens is 264 g/mol. The molecule has 2 aliphatic heterocycles. The number of nitrogens with one attached hydrogen (secondary N) is 1. The average molecular weight is 288 g/mol. The molecule has 0 saturated carbocycles. The number of rotatable bonds is 4. The van der Waals surface area contributed by atoms with E-state index in [1.807, 2.05) is 17.0 Å². The van der Waals surface area contributed by atoms with Crippen LogP contribution in [-0.2, 0) is 4.79 Å². The predicted molar refractivity (Wildman–Crippen MR) is 82.6 cm³/mol. The fourth-order valence-corrected chi connectivity index (χ4v) is 3.18. The van der Waals surface area contributed by atoms with Crippen molar-refractivity contribution >= 4 is 5.91 Å². The average Bonchev–Trinajstić information content (AvgIpc) is 3.08. The summed E-state index contributed by atoms with van der Waals surface area (Å²) < 4.78 is 5.62. The van der Waals surface area contributed by atoms with E-state index in [9.17, 15) is 4.79 Å². The van der Waals surface area contributed by atoms with Gasteiger partial charge in [0.25, 0.3) is 5.91 Å². The van der Waals surface area contributed by atoms with E-state index in [0.717, 1.165) is 44.8 Å². The third-order valence-corrected chi connectivity index (χ3v) is 4.47. The third-order valence-electron chi connectivity index (χ3n) is 4.47. The van der Waals surface area contributed by atoms with Crippen LogP contribution >= 0.6 is 0 Å². The number of likely N-dealkylation sites (tertiary alicyclic amines) is 1. The van der Waals surface area contributed by atoms with Crippen molar-refractivity contribution in [3.63, 3.8) is 0 Å². The van der Waals surface area contributed by atoms with Gasteiger partial charge < -0.3 is 15.0 Å². The van der Waals surface area contributed by atoms with Crippen molar-refractivity contribution in [3.8, 4) is 5.75 Å². The number of hydrogen-bond acceptors (Lipinski definition) is 3. The lowest BCUT2D eigenvalue weighted by Crippen LogP contribution is -2.32. The van der Waals surface area contributed by atoms with Gasteiger partial charge in [0.1, 0.15) is 5.75 Å². The zero-order chi connectivity index (χ0) is 14.5. The van der Waals surface area contributed by atoms with Gasteiger partial charge in [0.05, 0.1) is 0 Å². The second-order valence-electron chi connectivity index (χ2n) is 5.99. The van der Waals surface area contributed by atoms with Crippen LogP contribution in [0.1, 0.15) is 37.2 Å². The van der Waals surface area contributed by atoms with Crippen LogP contribution in [0.15, 0.2) is 24.3 Å². The lowest BCUT2D eigenvalue weighted by molar-refractivity contribution is -0.132. The van der Waals surface area contributed by atoms with Crippen LogP contribution in [-0.4, -0.2) is 43.6 Å². The molecule has 0 aromatic heterocycles. The van der Waals surface area contributed by atoms with Gasteiger partial charge in [-0.05, 0) is 55.8 Å². The lowest BCUT2D eigenvalue weighted by atomic mass is 9.92. The summed E-state index contributed by atoms with van der Waals surface area (Å²) in [6.45, 7) is 4.12. The Kier molecular flexibility index (Phi) is 4.76. The van der Waals surface area contributed by atoms with E-state index in [-0.39, 0.29) is 12.5 Å². The maximum absolute atomic E-state index is 11.9. The quantitative estimate of drug-likeness (QED) is 0.923. The van der Waals surface area contributed by atoms with Crippen LogP contribution in [0.2, 0.25) is 0 Å². The van der Waals surface area contributed by atoms with E-state index in [0.29, 0.717) is 5.92 Å². The van der Waals surface area contributed by atoms with Crippen LogP contribution in [0.25, 0.3) is 0 Å². The summed E-state index contributed by atoms with van der Waals surface area (Å²) in [4.78, 5) is 13.8. The molecule has 2 heterocycles. The Labute approximate surface area is 126 Å². The number of hydrogen-bond donors (Lipinski definition) is 1. The first-order valence-electron chi connectivity index (χ1n) is 8.04. The molecule has 21 heavy (non-hydrogen) atoms. The lowest BCUT2D eigenvalue weighted by Gasteiger charge is -2.23. The molecule has 0 spiro atoms. The van der Waals surface area contributed by atoms with E-state index in [1.54, 1.807) is 0 Å². The maximum Gasteiger partial charge on any atom is 0.260 e.